The number of aromatic nitrogens is 1. The normalized spacial score (nSPS) is 11.0. The molecule has 1 aromatic heterocycles. The second-order valence-corrected chi connectivity index (χ2v) is 7.62. The van der Waals surface area contributed by atoms with Gasteiger partial charge in [-0.25, -0.2) is 8.78 Å². The molecule has 2 aromatic carbocycles. The molecular formula is C21H17ClF3NO3S. The Morgan fingerprint density at radius 3 is 2.53 bits per heavy atom. The van der Waals surface area contributed by atoms with Crippen molar-refractivity contribution in [3.63, 3.8) is 0 Å². The Labute approximate surface area is 180 Å². The van der Waals surface area contributed by atoms with E-state index in [9.17, 15) is 18.0 Å². The van der Waals surface area contributed by atoms with Gasteiger partial charge in [0.25, 0.3) is 0 Å². The lowest BCUT2D eigenvalue weighted by molar-refractivity contribution is -0.136. The number of hydrogen-bond acceptors (Lipinski definition) is 4. The summed E-state index contributed by atoms with van der Waals surface area (Å²) < 4.78 is 52.2. The van der Waals surface area contributed by atoms with Crippen LogP contribution < -0.4 is 4.74 Å². The average Bonchev–Trinajstić information content (AvgIpc) is 3.10. The van der Waals surface area contributed by atoms with Crippen LogP contribution in [-0.4, -0.2) is 15.4 Å². The molecule has 4 nitrogen and oxygen atoms in total. The van der Waals surface area contributed by atoms with Gasteiger partial charge < -0.3 is 9.84 Å². The predicted molar refractivity (Wildman–Crippen MR) is 109 cm³/mol. The highest BCUT2D eigenvalue weighted by Gasteiger charge is 2.22. The quantitative estimate of drug-likeness (QED) is 0.421. The lowest BCUT2D eigenvalue weighted by atomic mass is 10.1. The van der Waals surface area contributed by atoms with Gasteiger partial charge in [0.2, 0.25) is 5.82 Å². The van der Waals surface area contributed by atoms with Gasteiger partial charge in [0.15, 0.2) is 17.4 Å². The van der Waals surface area contributed by atoms with Crippen molar-refractivity contribution >= 4 is 29.1 Å². The van der Waals surface area contributed by atoms with Gasteiger partial charge in [-0.1, -0.05) is 42.8 Å². The third-order valence-corrected chi connectivity index (χ3v) is 5.88. The summed E-state index contributed by atoms with van der Waals surface area (Å²) in [5.74, 6) is -6.06. The van der Waals surface area contributed by atoms with Crippen LogP contribution in [0, 0.1) is 17.5 Å². The third kappa shape index (κ3) is 4.76. The molecule has 3 aromatic rings. The molecule has 0 radical (unpaired) electrons. The van der Waals surface area contributed by atoms with Crippen molar-refractivity contribution in [2.24, 2.45) is 0 Å². The zero-order valence-corrected chi connectivity index (χ0v) is 17.4. The van der Waals surface area contributed by atoms with Gasteiger partial charge in [0.1, 0.15) is 11.8 Å². The van der Waals surface area contributed by atoms with Crippen molar-refractivity contribution in [2.45, 2.75) is 32.8 Å². The molecule has 0 spiro atoms. The second kappa shape index (κ2) is 9.49. The number of halogens is 4. The van der Waals surface area contributed by atoms with Crippen molar-refractivity contribution in [2.75, 3.05) is 0 Å². The summed E-state index contributed by atoms with van der Waals surface area (Å²) in [5.41, 5.74) is 2.04. The number of rotatable bonds is 8. The maximum atomic E-state index is 14.4. The lowest BCUT2D eigenvalue weighted by Gasteiger charge is -2.12. The molecule has 1 N–H and O–H groups in total. The molecule has 0 amide bonds. The van der Waals surface area contributed by atoms with E-state index in [0.29, 0.717) is 10.4 Å². The summed E-state index contributed by atoms with van der Waals surface area (Å²) in [4.78, 5) is 11.3. The highest BCUT2D eigenvalue weighted by molar-refractivity contribution is 7.10. The number of carboxylic acids is 1. The minimum absolute atomic E-state index is 0.133. The highest BCUT2D eigenvalue weighted by Crippen LogP contribution is 2.35. The number of aryl methyl sites for hydroxylation is 2. The Bertz CT molecular complexity index is 1070. The summed E-state index contributed by atoms with van der Waals surface area (Å²) in [6.07, 6.45) is 0.0894. The smallest absolute Gasteiger partial charge is 0.303 e. The monoisotopic (exact) mass is 455 g/mol. The summed E-state index contributed by atoms with van der Waals surface area (Å²) in [6.45, 7) is 1.72. The van der Waals surface area contributed by atoms with Crippen LogP contribution in [0.5, 0.6) is 5.75 Å². The summed E-state index contributed by atoms with van der Waals surface area (Å²) in [6, 6.07) is 8.44. The van der Waals surface area contributed by atoms with E-state index in [2.05, 4.69) is 4.37 Å². The molecule has 0 saturated heterocycles. The molecule has 0 bridgehead atoms. The fourth-order valence-corrected chi connectivity index (χ4v) is 3.96. The molecule has 0 atom stereocenters. The molecule has 0 aliphatic carbocycles. The first-order valence-corrected chi connectivity index (χ1v) is 10.2. The maximum absolute atomic E-state index is 14.4. The number of ether oxygens (including phenoxy) is 1. The SMILES string of the molecule is CCc1ccc(-c2snc(Cl)c2COc2c(F)cc(CCC(=O)O)c(F)c2F)cc1. The van der Waals surface area contributed by atoms with E-state index < -0.39 is 35.6 Å². The Hall–Kier alpha value is -2.58. The summed E-state index contributed by atoms with van der Waals surface area (Å²) in [5, 5.41) is 8.81. The molecule has 9 heteroatoms. The van der Waals surface area contributed by atoms with E-state index in [1.807, 2.05) is 31.2 Å². The van der Waals surface area contributed by atoms with E-state index in [1.165, 1.54) is 0 Å². The van der Waals surface area contributed by atoms with Crippen LogP contribution in [0.25, 0.3) is 10.4 Å². The van der Waals surface area contributed by atoms with Crippen LogP contribution in [0.4, 0.5) is 13.2 Å². The zero-order valence-electron chi connectivity index (χ0n) is 15.8. The number of carboxylic acid groups (broad SMARTS) is 1. The number of aliphatic carboxylic acids is 1. The van der Waals surface area contributed by atoms with Crippen molar-refractivity contribution in [1.82, 2.24) is 4.37 Å². The molecule has 158 valence electrons. The number of hydrogen-bond donors (Lipinski definition) is 1. The Morgan fingerprint density at radius 2 is 1.90 bits per heavy atom. The summed E-state index contributed by atoms with van der Waals surface area (Å²) >= 11 is 7.25. The van der Waals surface area contributed by atoms with Crippen LogP contribution in [0.15, 0.2) is 30.3 Å². The van der Waals surface area contributed by atoms with E-state index >= 15 is 0 Å². The number of carbonyl (C=O) groups is 1. The standard InChI is InChI=1S/C21H17ClF3NO3S/c1-2-11-3-5-12(6-4-11)20-14(21(22)26-30-20)10-29-19-15(23)9-13(7-8-16(27)28)17(24)18(19)25/h3-6,9H,2,7-8,10H2,1H3,(H,27,28). The topological polar surface area (TPSA) is 59.4 Å². The molecule has 1 heterocycles. The summed E-state index contributed by atoms with van der Waals surface area (Å²) in [7, 11) is 0. The Kier molecular flexibility index (Phi) is 6.99. The van der Waals surface area contributed by atoms with E-state index in [0.717, 1.165) is 35.1 Å². The van der Waals surface area contributed by atoms with Gasteiger partial charge in [-0.15, -0.1) is 0 Å². The third-order valence-electron chi connectivity index (χ3n) is 4.53. The molecule has 0 unspecified atom stereocenters. The van der Waals surface area contributed by atoms with Crippen molar-refractivity contribution in [3.8, 4) is 16.2 Å². The van der Waals surface area contributed by atoms with Crippen LogP contribution in [0.2, 0.25) is 5.15 Å². The van der Waals surface area contributed by atoms with Crippen molar-refractivity contribution in [1.29, 1.82) is 0 Å². The number of nitrogens with zero attached hydrogens (tertiary/aromatic N) is 1. The van der Waals surface area contributed by atoms with Gasteiger partial charge in [0, 0.05) is 12.0 Å². The van der Waals surface area contributed by atoms with E-state index in [1.54, 1.807) is 0 Å². The van der Waals surface area contributed by atoms with Crippen LogP contribution in [-0.2, 0) is 24.2 Å². The first-order valence-electron chi connectivity index (χ1n) is 9.06. The minimum atomic E-state index is -1.51. The fraction of sp³-hybridized carbons (Fsp3) is 0.238. The second-order valence-electron chi connectivity index (χ2n) is 6.49. The Balaban J connectivity index is 1.84. The van der Waals surface area contributed by atoms with Crippen LogP contribution in [0.1, 0.15) is 30.0 Å². The first-order chi connectivity index (χ1) is 14.3. The van der Waals surface area contributed by atoms with Gasteiger partial charge in [0.05, 0.1) is 4.88 Å². The van der Waals surface area contributed by atoms with Gasteiger partial charge in [-0.3, -0.25) is 4.79 Å². The van der Waals surface area contributed by atoms with E-state index in [4.69, 9.17) is 21.4 Å². The van der Waals surface area contributed by atoms with Crippen molar-refractivity contribution < 1.29 is 27.8 Å². The number of benzene rings is 2. The molecular weight excluding hydrogens is 439 g/mol. The van der Waals surface area contributed by atoms with Crippen LogP contribution in [0.3, 0.4) is 0 Å². The van der Waals surface area contributed by atoms with Gasteiger partial charge in [-0.2, -0.15) is 8.76 Å². The highest BCUT2D eigenvalue weighted by atomic mass is 35.5. The maximum Gasteiger partial charge on any atom is 0.303 e. The minimum Gasteiger partial charge on any atom is -0.483 e. The lowest BCUT2D eigenvalue weighted by Crippen LogP contribution is -2.06. The average molecular weight is 456 g/mol. The molecule has 0 aliphatic rings. The van der Waals surface area contributed by atoms with Gasteiger partial charge in [-0.05, 0) is 47.1 Å². The predicted octanol–water partition coefficient (Wildman–Crippen LogP) is 6.04. The van der Waals surface area contributed by atoms with Gasteiger partial charge >= 0.3 is 5.97 Å². The molecule has 0 fully saturated rings. The largest absolute Gasteiger partial charge is 0.483 e. The Morgan fingerprint density at radius 1 is 1.20 bits per heavy atom. The molecule has 0 aliphatic heterocycles. The zero-order chi connectivity index (χ0) is 21.8. The molecule has 3 rings (SSSR count). The molecule has 30 heavy (non-hydrogen) atoms. The molecule has 0 saturated carbocycles. The van der Waals surface area contributed by atoms with Crippen molar-refractivity contribution in [3.05, 3.63) is 69.6 Å². The van der Waals surface area contributed by atoms with Crippen LogP contribution >= 0.6 is 23.1 Å². The van der Waals surface area contributed by atoms with E-state index in [-0.39, 0.29) is 23.7 Å². The first kappa shape index (κ1) is 22.1. The fourth-order valence-electron chi connectivity index (χ4n) is 2.86.